The standard InChI is InChI=1S/C18H21Cl2N3O2/c19-9-16(24)21-22-18(25)14-11-23(10-12-5-2-1-3-6-12)17-13(14)7-4-8-15(17)20/h4,7-8,11-12H,1-3,5-6,9-10H2,(H,21,24)(H,22,25). The second-order valence-corrected chi connectivity index (χ2v) is 7.15. The van der Waals surface area contributed by atoms with Crippen molar-refractivity contribution in [3.63, 3.8) is 0 Å². The Morgan fingerprint density at radius 2 is 1.92 bits per heavy atom. The van der Waals surface area contributed by atoms with E-state index < -0.39 is 5.91 Å². The van der Waals surface area contributed by atoms with Gasteiger partial charge < -0.3 is 4.57 Å². The van der Waals surface area contributed by atoms with Gasteiger partial charge in [-0.3, -0.25) is 20.4 Å². The molecule has 0 spiro atoms. The number of alkyl halides is 1. The Labute approximate surface area is 156 Å². The molecular formula is C18H21Cl2N3O2. The fourth-order valence-electron chi connectivity index (χ4n) is 3.51. The first-order valence-electron chi connectivity index (χ1n) is 8.52. The maximum Gasteiger partial charge on any atom is 0.271 e. The second kappa shape index (κ2) is 8.11. The van der Waals surface area contributed by atoms with Crippen LogP contribution in [0, 0.1) is 5.92 Å². The number of benzene rings is 1. The lowest BCUT2D eigenvalue weighted by Crippen LogP contribution is -2.42. The lowest BCUT2D eigenvalue weighted by atomic mass is 9.89. The maximum absolute atomic E-state index is 12.5. The molecular weight excluding hydrogens is 361 g/mol. The van der Waals surface area contributed by atoms with Gasteiger partial charge in [0.15, 0.2) is 0 Å². The van der Waals surface area contributed by atoms with Crippen molar-refractivity contribution in [2.24, 2.45) is 5.92 Å². The SMILES string of the molecule is O=C(CCl)NNC(=O)c1cn(CC2CCCCC2)c2c(Cl)cccc12. The van der Waals surface area contributed by atoms with Crippen LogP contribution in [-0.4, -0.2) is 22.3 Å². The molecule has 0 bridgehead atoms. The van der Waals surface area contributed by atoms with Crippen molar-refractivity contribution >= 4 is 45.9 Å². The van der Waals surface area contributed by atoms with E-state index >= 15 is 0 Å². The Morgan fingerprint density at radius 1 is 1.16 bits per heavy atom. The van der Waals surface area contributed by atoms with Crippen molar-refractivity contribution in [3.05, 3.63) is 35.0 Å². The first-order chi connectivity index (χ1) is 12.1. The van der Waals surface area contributed by atoms with Crippen molar-refractivity contribution in [1.82, 2.24) is 15.4 Å². The maximum atomic E-state index is 12.5. The Bertz CT molecular complexity index is 782. The summed E-state index contributed by atoms with van der Waals surface area (Å²) in [6, 6.07) is 5.53. The van der Waals surface area contributed by atoms with E-state index in [1.54, 1.807) is 0 Å². The molecule has 2 N–H and O–H groups in total. The van der Waals surface area contributed by atoms with Gasteiger partial charge in [-0.15, -0.1) is 11.6 Å². The van der Waals surface area contributed by atoms with Crippen molar-refractivity contribution in [2.45, 2.75) is 38.6 Å². The van der Waals surface area contributed by atoms with Crippen LogP contribution in [0.15, 0.2) is 24.4 Å². The normalized spacial score (nSPS) is 15.3. The molecule has 3 rings (SSSR count). The molecule has 1 aromatic heterocycles. The van der Waals surface area contributed by atoms with Crippen LogP contribution in [0.2, 0.25) is 5.02 Å². The number of aromatic nitrogens is 1. The summed E-state index contributed by atoms with van der Waals surface area (Å²) in [6.45, 7) is 0.849. The number of halogens is 2. The van der Waals surface area contributed by atoms with Gasteiger partial charge in [0, 0.05) is 18.1 Å². The molecule has 0 radical (unpaired) electrons. The number of carbonyl (C=O) groups excluding carboxylic acids is 2. The summed E-state index contributed by atoms with van der Waals surface area (Å²) in [5, 5.41) is 1.40. The van der Waals surface area contributed by atoms with Crippen LogP contribution in [0.5, 0.6) is 0 Å². The summed E-state index contributed by atoms with van der Waals surface area (Å²) in [6.07, 6.45) is 8.06. The van der Waals surface area contributed by atoms with Crippen molar-refractivity contribution in [2.75, 3.05) is 5.88 Å². The van der Waals surface area contributed by atoms with E-state index in [1.165, 1.54) is 32.1 Å². The Morgan fingerprint density at radius 3 is 2.64 bits per heavy atom. The van der Waals surface area contributed by atoms with E-state index in [4.69, 9.17) is 23.2 Å². The molecule has 1 aliphatic carbocycles. The molecule has 7 heteroatoms. The summed E-state index contributed by atoms with van der Waals surface area (Å²) in [5.74, 6) is -0.449. The van der Waals surface area contributed by atoms with Crippen LogP contribution in [0.3, 0.4) is 0 Å². The molecule has 134 valence electrons. The Hall–Kier alpha value is -1.72. The number of fused-ring (bicyclic) bond motifs is 1. The third-order valence-corrected chi connectivity index (χ3v) is 5.26. The number of carbonyl (C=O) groups is 2. The summed E-state index contributed by atoms with van der Waals surface area (Å²) in [7, 11) is 0. The zero-order valence-corrected chi connectivity index (χ0v) is 15.4. The molecule has 1 fully saturated rings. The molecule has 25 heavy (non-hydrogen) atoms. The molecule has 2 amide bonds. The van der Waals surface area contributed by atoms with E-state index in [0.29, 0.717) is 16.5 Å². The van der Waals surface area contributed by atoms with E-state index in [2.05, 4.69) is 15.4 Å². The highest BCUT2D eigenvalue weighted by molar-refractivity contribution is 6.35. The van der Waals surface area contributed by atoms with Crippen LogP contribution < -0.4 is 10.9 Å². The Kier molecular flexibility index (Phi) is 5.86. The molecule has 2 aromatic rings. The van der Waals surface area contributed by atoms with Crippen LogP contribution >= 0.6 is 23.2 Å². The second-order valence-electron chi connectivity index (χ2n) is 6.47. The predicted molar refractivity (Wildman–Crippen MR) is 99.9 cm³/mol. The third kappa shape index (κ3) is 4.10. The van der Waals surface area contributed by atoms with Gasteiger partial charge >= 0.3 is 0 Å². The van der Waals surface area contributed by atoms with Crippen LogP contribution in [-0.2, 0) is 11.3 Å². The molecule has 0 aliphatic heterocycles. The van der Waals surface area contributed by atoms with Crippen molar-refractivity contribution in [3.8, 4) is 0 Å². The molecule has 0 atom stereocenters. The van der Waals surface area contributed by atoms with Gasteiger partial charge in [0.1, 0.15) is 5.88 Å². The third-order valence-electron chi connectivity index (χ3n) is 4.71. The quantitative estimate of drug-likeness (QED) is 0.623. The number of nitrogens with one attached hydrogen (secondary N) is 2. The fourth-order valence-corrected chi connectivity index (χ4v) is 3.86. The molecule has 0 saturated heterocycles. The van der Waals surface area contributed by atoms with Crippen LogP contribution in [0.4, 0.5) is 0 Å². The number of hydrogen-bond donors (Lipinski definition) is 2. The van der Waals surface area contributed by atoms with E-state index in [9.17, 15) is 9.59 Å². The molecule has 5 nitrogen and oxygen atoms in total. The minimum absolute atomic E-state index is 0.213. The number of hydrazine groups is 1. The fraction of sp³-hybridized carbons (Fsp3) is 0.444. The number of rotatable bonds is 4. The van der Waals surface area contributed by atoms with Crippen LogP contribution in [0.1, 0.15) is 42.5 Å². The van der Waals surface area contributed by atoms with Gasteiger partial charge in [-0.25, -0.2) is 0 Å². The van der Waals surface area contributed by atoms with Gasteiger partial charge in [-0.05, 0) is 24.8 Å². The molecule has 1 aliphatic rings. The van der Waals surface area contributed by atoms with Crippen molar-refractivity contribution in [1.29, 1.82) is 0 Å². The minimum Gasteiger partial charge on any atom is -0.345 e. The average molecular weight is 382 g/mol. The summed E-state index contributed by atoms with van der Waals surface area (Å²) >= 11 is 11.8. The first-order valence-corrected chi connectivity index (χ1v) is 9.44. The lowest BCUT2D eigenvalue weighted by Gasteiger charge is -2.22. The number of hydrogen-bond acceptors (Lipinski definition) is 2. The van der Waals surface area contributed by atoms with E-state index in [0.717, 1.165) is 17.4 Å². The number of amides is 2. The highest BCUT2D eigenvalue weighted by atomic mass is 35.5. The largest absolute Gasteiger partial charge is 0.345 e. The van der Waals surface area contributed by atoms with E-state index in [1.807, 2.05) is 24.4 Å². The first kappa shape index (κ1) is 18.1. The molecule has 1 heterocycles. The van der Waals surface area contributed by atoms with Gasteiger partial charge in [0.2, 0.25) is 0 Å². The van der Waals surface area contributed by atoms with Crippen molar-refractivity contribution < 1.29 is 9.59 Å². The van der Waals surface area contributed by atoms with E-state index in [-0.39, 0.29) is 11.8 Å². The predicted octanol–water partition coefficient (Wildman–Crippen LogP) is 3.87. The lowest BCUT2D eigenvalue weighted by molar-refractivity contribution is -0.119. The summed E-state index contributed by atoms with van der Waals surface area (Å²) < 4.78 is 2.08. The smallest absolute Gasteiger partial charge is 0.271 e. The minimum atomic E-state index is -0.459. The molecule has 1 aromatic carbocycles. The summed E-state index contributed by atoms with van der Waals surface area (Å²) in [5.41, 5.74) is 6.04. The van der Waals surface area contributed by atoms with Gasteiger partial charge in [-0.2, -0.15) is 0 Å². The number of nitrogens with zero attached hydrogens (tertiary/aromatic N) is 1. The zero-order valence-electron chi connectivity index (χ0n) is 13.9. The summed E-state index contributed by atoms with van der Waals surface area (Å²) in [4.78, 5) is 23.7. The topological polar surface area (TPSA) is 63.1 Å². The zero-order chi connectivity index (χ0) is 17.8. The molecule has 1 saturated carbocycles. The molecule has 0 unspecified atom stereocenters. The number of para-hydroxylation sites is 1. The van der Waals surface area contributed by atoms with Gasteiger partial charge in [0.05, 0.1) is 16.1 Å². The highest BCUT2D eigenvalue weighted by Crippen LogP contribution is 2.31. The van der Waals surface area contributed by atoms with Crippen LogP contribution in [0.25, 0.3) is 10.9 Å². The average Bonchev–Trinajstić information content (AvgIpc) is 3.00. The highest BCUT2D eigenvalue weighted by Gasteiger charge is 2.20. The van der Waals surface area contributed by atoms with Gasteiger partial charge in [-0.1, -0.05) is 43.0 Å². The Balaban J connectivity index is 1.89. The monoisotopic (exact) mass is 381 g/mol. The van der Waals surface area contributed by atoms with Gasteiger partial charge in [0.25, 0.3) is 11.8 Å².